The lowest BCUT2D eigenvalue weighted by Crippen LogP contribution is -2.43. The van der Waals surface area contributed by atoms with Crippen LogP contribution >= 0.6 is 0 Å². The minimum Gasteiger partial charge on any atom is -0.467 e. The molecule has 90 valence electrons. The Hall–Kier alpha value is -2.03. The number of hydrogen-bond donors (Lipinski definition) is 2. The molecule has 9 nitrogen and oxygen atoms in total. The van der Waals surface area contributed by atoms with Crippen molar-refractivity contribution in [2.75, 3.05) is 21.3 Å². The molecule has 9 heteroatoms. The Bertz CT molecular complexity index is 315. The molecule has 1 heterocycles. The summed E-state index contributed by atoms with van der Waals surface area (Å²) < 4.78 is 4.97. The number of guanidine groups is 1. The van der Waals surface area contributed by atoms with Gasteiger partial charge in [0.1, 0.15) is 13.4 Å². The number of rotatable bonds is 3. The summed E-state index contributed by atoms with van der Waals surface area (Å²) in [5.74, 6) is 0.0646. The molecule has 0 fully saturated rings. The number of nitrogens with one attached hydrogen (secondary N) is 1. The summed E-state index contributed by atoms with van der Waals surface area (Å²) in [5, 5.41) is 7.41. The largest absolute Gasteiger partial charge is 0.467 e. The first-order valence-electron chi connectivity index (χ1n) is 4.32. The van der Waals surface area contributed by atoms with Crippen LogP contribution in [-0.4, -0.2) is 51.0 Å². The molecular weight excluding hydrogens is 216 g/mol. The fraction of sp³-hybridized carbons (Fsp3) is 0.571. The molecule has 0 aromatic rings. The van der Waals surface area contributed by atoms with Gasteiger partial charge in [0.15, 0.2) is 0 Å². The SMILES string of the molecule is CO/N=C(\N)NC1N=CN(OC)C(OC)=N1. The Kier molecular flexibility index (Phi) is 4.33. The summed E-state index contributed by atoms with van der Waals surface area (Å²) in [4.78, 5) is 17.4. The minimum absolute atomic E-state index is 0.0646. The highest BCUT2D eigenvalue weighted by Gasteiger charge is 2.18. The van der Waals surface area contributed by atoms with Crippen LogP contribution in [0.15, 0.2) is 15.1 Å². The number of oxime groups is 1. The van der Waals surface area contributed by atoms with Gasteiger partial charge in [-0.3, -0.25) is 4.84 Å². The highest BCUT2D eigenvalue weighted by Crippen LogP contribution is 2.01. The number of nitrogens with two attached hydrogens (primary N) is 1. The van der Waals surface area contributed by atoms with Crippen molar-refractivity contribution in [3.05, 3.63) is 0 Å². The Morgan fingerprint density at radius 1 is 1.56 bits per heavy atom. The van der Waals surface area contributed by atoms with Crippen LogP contribution in [0.5, 0.6) is 0 Å². The maximum Gasteiger partial charge on any atom is 0.321 e. The van der Waals surface area contributed by atoms with E-state index in [2.05, 4.69) is 25.3 Å². The van der Waals surface area contributed by atoms with Crippen molar-refractivity contribution in [2.24, 2.45) is 20.9 Å². The third kappa shape index (κ3) is 2.98. The van der Waals surface area contributed by atoms with Gasteiger partial charge in [0.25, 0.3) is 0 Å². The molecule has 1 unspecified atom stereocenters. The number of nitrogens with zero attached hydrogens (tertiary/aromatic N) is 4. The summed E-state index contributed by atoms with van der Waals surface area (Å²) in [6.07, 6.45) is 0.782. The molecular formula is C7H14N6O3. The number of aliphatic imine (C=N–C) groups is 2. The third-order valence-electron chi connectivity index (χ3n) is 1.58. The van der Waals surface area contributed by atoms with Crippen LogP contribution in [0.2, 0.25) is 0 Å². The molecule has 0 radical (unpaired) electrons. The third-order valence-corrected chi connectivity index (χ3v) is 1.58. The zero-order valence-electron chi connectivity index (χ0n) is 9.25. The van der Waals surface area contributed by atoms with Gasteiger partial charge < -0.3 is 20.6 Å². The van der Waals surface area contributed by atoms with Crippen LogP contribution in [0.3, 0.4) is 0 Å². The number of amidine groups is 1. The van der Waals surface area contributed by atoms with Crippen molar-refractivity contribution < 1.29 is 14.4 Å². The fourth-order valence-corrected chi connectivity index (χ4v) is 0.962. The van der Waals surface area contributed by atoms with E-state index in [1.54, 1.807) is 0 Å². The molecule has 0 bridgehead atoms. The van der Waals surface area contributed by atoms with Gasteiger partial charge in [-0.05, 0) is 5.16 Å². The second-order valence-electron chi connectivity index (χ2n) is 2.57. The first-order valence-corrected chi connectivity index (χ1v) is 4.32. The van der Waals surface area contributed by atoms with Gasteiger partial charge in [0.05, 0.1) is 14.2 Å². The van der Waals surface area contributed by atoms with Crippen LogP contribution in [0, 0.1) is 0 Å². The van der Waals surface area contributed by atoms with Gasteiger partial charge in [-0.15, -0.1) is 0 Å². The van der Waals surface area contributed by atoms with Crippen molar-refractivity contribution in [3.8, 4) is 0 Å². The predicted octanol–water partition coefficient (Wildman–Crippen LogP) is -1.36. The molecule has 16 heavy (non-hydrogen) atoms. The van der Waals surface area contributed by atoms with E-state index in [0.29, 0.717) is 0 Å². The van der Waals surface area contributed by atoms with Gasteiger partial charge in [0.2, 0.25) is 12.2 Å². The highest BCUT2D eigenvalue weighted by atomic mass is 16.7. The van der Waals surface area contributed by atoms with Crippen LogP contribution in [0.25, 0.3) is 0 Å². The van der Waals surface area contributed by atoms with E-state index in [0.717, 1.165) is 0 Å². The zero-order chi connectivity index (χ0) is 12.0. The fourth-order valence-electron chi connectivity index (χ4n) is 0.962. The lowest BCUT2D eigenvalue weighted by Gasteiger charge is -2.22. The van der Waals surface area contributed by atoms with Crippen LogP contribution in [-0.2, 0) is 14.4 Å². The molecule has 1 rings (SSSR count). The maximum absolute atomic E-state index is 5.45. The number of hydroxylamine groups is 2. The Balaban J connectivity index is 2.65. The van der Waals surface area contributed by atoms with E-state index in [4.69, 9.17) is 15.3 Å². The standard InChI is InChI=1S/C7H14N6O3/c1-14-7-11-6(9-4-13(7)16-3)10-5(8)12-15-2/h4,6H,1-3H3,(H3,8,10,12). The van der Waals surface area contributed by atoms with Crippen LogP contribution in [0.4, 0.5) is 0 Å². The molecule has 1 atom stereocenters. The van der Waals surface area contributed by atoms with Crippen LogP contribution in [0.1, 0.15) is 0 Å². The quantitative estimate of drug-likeness (QED) is 0.352. The molecule has 0 saturated carbocycles. The van der Waals surface area contributed by atoms with E-state index in [9.17, 15) is 0 Å². The zero-order valence-corrected chi connectivity index (χ0v) is 9.25. The van der Waals surface area contributed by atoms with Gasteiger partial charge in [0, 0.05) is 0 Å². The predicted molar refractivity (Wildman–Crippen MR) is 57.3 cm³/mol. The van der Waals surface area contributed by atoms with Crippen molar-refractivity contribution in [3.63, 3.8) is 0 Å². The van der Waals surface area contributed by atoms with E-state index >= 15 is 0 Å². The monoisotopic (exact) mass is 230 g/mol. The van der Waals surface area contributed by atoms with E-state index < -0.39 is 6.29 Å². The minimum atomic E-state index is -0.625. The summed E-state index contributed by atoms with van der Waals surface area (Å²) in [7, 11) is 4.32. The van der Waals surface area contributed by atoms with Crippen molar-refractivity contribution >= 4 is 18.3 Å². The molecule has 0 aromatic heterocycles. The number of hydrogen-bond acceptors (Lipinski definition) is 7. The van der Waals surface area contributed by atoms with Gasteiger partial charge in [-0.1, -0.05) is 0 Å². The van der Waals surface area contributed by atoms with Gasteiger partial charge in [-0.2, -0.15) is 10.1 Å². The number of ether oxygens (including phenoxy) is 1. The van der Waals surface area contributed by atoms with E-state index in [1.165, 1.54) is 32.7 Å². The van der Waals surface area contributed by atoms with E-state index in [1.807, 2.05) is 0 Å². The van der Waals surface area contributed by atoms with E-state index in [-0.39, 0.29) is 12.0 Å². The van der Waals surface area contributed by atoms with Crippen molar-refractivity contribution in [1.82, 2.24) is 10.4 Å². The maximum atomic E-state index is 5.45. The summed E-state index contributed by atoms with van der Waals surface area (Å²) in [6.45, 7) is 0. The Labute approximate surface area is 92.5 Å². The summed E-state index contributed by atoms with van der Waals surface area (Å²) >= 11 is 0. The number of methoxy groups -OCH3 is 1. The van der Waals surface area contributed by atoms with Gasteiger partial charge in [-0.25, -0.2) is 4.99 Å². The molecule has 1 aliphatic heterocycles. The average Bonchev–Trinajstić information content (AvgIpc) is 2.29. The molecule has 0 spiro atoms. The molecule has 0 aliphatic carbocycles. The Morgan fingerprint density at radius 2 is 2.31 bits per heavy atom. The molecule has 0 amide bonds. The molecule has 0 saturated heterocycles. The smallest absolute Gasteiger partial charge is 0.321 e. The lowest BCUT2D eigenvalue weighted by atomic mass is 10.7. The normalized spacial score (nSPS) is 20.4. The first kappa shape index (κ1) is 12.0. The second kappa shape index (κ2) is 5.75. The highest BCUT2D eigenvalue weighted by molar-refractivity contribution is 5.87. The average molecular weight is 230 g/mol. The first-order chi connectivity index (χ1) is 7.71. The van der Waals surface area contributed by atoms with Crippen LogP contribution < -0.4 is 11.1 Å². The van der Waals surface area contributed by atoms with Crippen molar-refractivity contribution in [1.29, 1.82) is 0 Å². The summed E-state index contributed by atoms with van der Waals surface area (Å²) in [6, 6.07) is 0.250. The molecule has 1 aliphatic rings. The molecule has 3 N–H and O–H groups in total. The summed E-state index contributed by atoms with van der Waals surface area (Å²) in [5.41, 5.74) is 5.45. The Morgan fingerprint density at radius 3 is 2.88 bits per heavy atom. The lowest BCUT2D eigenvalue weighted by molar-refractivity contribution is -0.0176. The van der Waals surface area contributed by atoms with Gasteiger partial charge >= 0.3 is 6.02 Å². The van der Waals surface area contributed by atoms with Crippen molar-refractivity contribution in [2.45, 2.75) is 6.29 Å². The topological polar surface area (TPSA) is 106 Å². The molecule has 0 aromatic carbocycles. The second-order valence-corrected chi connectivity index (χ2v) is 2.57.